The van der Waals surface area contributed by atoms with Gasteiger partial charge in [0.1, 0.15) is 36.3 Å². The number of benzene rings is 6. The molecule has 1 saturated carbocycles. The van der Waals surface area contributed by atoms with E-state index in [0.717, 1.165) is 47.5 Å². The summed E-state index contributed by atoms with van der Waals surface area (Å²) in [5.74, 6) is -10.1. The maximum Gasteiger partial charge on any atom is 0.424 e. The third-order valence-corrected chi connectivity index (χ3v) is 14.1. The normalized spacial score (nSPS) is 18.1. The zero-order valence-electron chi connectivity index (χ0n) is 42.1. The number of alkyl halides is 8. The van der Waals surface area contributed by atoms with Crippen LogP contribution in [0.25, 0.3) is 0 Å². The number of Topliss-reactive ketones (excluding diaryl/α,β-unsaturated/α-hetero) is 1. The van der Waals surface area contributed by atoms with Crippen molar-refractivity contribution in [3.8, 4) is 23.0 Å². The number of hydrogen-bond acceptors (Lipinski definition) is 10. The van der Waals surface area contributed by atoms with Gasteiger partial charge in [-0.15, -0.1) is 0 Å². The van der Waals surface area contributed by atoms with Crippen molar-refractivity contribution < 1.29 is 98.9 Å². The van der Waals surface area contributed by atoms with Gasteiger partial charge < -0.3 is 45.6 Å². The number of fused-ring (bicyclic) bond motifs is 2. The topological polar surface area (TPSA) is 246 Å². The average Bonchev–Trinajstić information content (AvgIpc) is 4.06. The fraction of sp³-hybridized carbons (Fsp3) is 0.241. The second-order valence-corrected chi connectivity index (χ2v) is 19.5. The molecule has 2 bridgehead atoms. The number of aliphatic carboxylic acids is 1. The van der Waals surface area contributed by atoms with Gasteiger partial charge in [-0.3, -0.25) is 19.2 Å². The lowest BCUT2D eigenvalue weighted by Gasteiger charge is -2.31. The van der Waals surface area contributed by atoms with Crippen LogP contribution >= 0.6 is 0 Å². The summed E-state index contributed by atoms with van der Waals surface area (Å²) >= 11 is 0. The van der Waals surface area contributed by atoms with Crippen LogP contribution in [0.15, 0.2) is 133 Å². The molecule has 0 saturated heterocycles. The molecule has 2 aliphatic carbocycles. The van der Waals surface area contributed by atoms with Gasteiger partial charge in [-0.1, -0.05) is 60.7 Å². The van der Waals surface area contributed by atoms with Crippen molar-refractivity contribution >= 4 is 46.9 Å². The van der Waals surface area contributed by atoms with Crippen LogP contribution < -0.4 is 20.1 Å². The molecular weight excluding hydrogens is 1080 g/mol. The summed E-state index contributed by atoms with van der Waals surface area (Å²) in [7, 11) is 0. The molecule has 81 heavy (non-hydrogen) atoms. The third-order valence-electron chi connectivity index (χ3n) is 14.1. The van der Waals surface area contributed by atoms with Gasteiger partial charge >= 0.3 is 30.3 Å². The summed E-state index contributed by atoms with van der Waals surface area (Å²) in [4.78, 5) is 75.4. The molecule has 422 valence electrons. The third kappa shape index (κ3) is 12.0. The molecule has 6 aromatic carbocycles. The number of aromatic carboxylic acids is 2. The Kier molecular flexibility index (Phi) is 16.3. The maximum absolute atomic E-state index is 14.6. The minimum atomic E-state index is -5.80. The summed E-state index contributed by atoms with van der Waals surface area (Å²) < 4.78 is 128. The van der Waals surface area contributed by atoms with E-state index in [0.29, 0.717) is 24.3 Å². The Labute approximate surface area is 454 Å². The molecule has 0 spiro atoms. The summed E-state index contributed by atoms with van der Waals surface area (Å²) in [6.45, 7) is -3.79. The number of hydrogen-bond donors (Lipinski definition) is 7. The lowest BCUT2D eigenvalue weighted by atomic mass is 9.82. The van der Waals surface area contributed by atoms with Crippen molar-refractivity contribution in [1.29, 1.82) is 0 Å². The Bertz CT molecular complexity index is 3500. The number of amides is 2. The number of carboxylic acids is 3. The number of carbonyl (C=O) groups is 6. The molecule has 1 fully saturated rings. The molecule has 0 radical (unpaired) electrons. The maximum atomic E-state index is 14.6. The molecule has 6 unspecified atom stereocenters. The molecule has 2 aliphatic rings. The van der Waals surface area contributed by atoms with Crippen LogP contribution in [0.1, 0.15) is 88.2 Å². The first-order valence-corrected chi connectivity index (χ1v) is 24.4. The van der Waals surface area contributed by atoms with E-state index < -0.39 is 136 Å². The first-order valence-electron chi connectivity index (χ1n) is 24.4. The molecule has 23 heteroatoms. The minimum Gasteiger partial charge on any atom is -0.481 e. The van der Waals surface area contributed by atoms with Crippen molar-refractivity contribution in [1.82, 2.24) is 0 Å². The van der Waals surface area contributed by atoms with Gasteiger partial charge in [0.05, 0.1) is 28.5 Å². The molecule has 0 aliphatic heterocycles. The fourth-order valence-corrected chi connectivity index (χ4v) is 9.95. The van der Waals surface area contributed by atoms with E-state index >= 15 is 0 Å². The highest BCUT2D eigenvalue weighted by molar-refractivity contribution is 6.11. The number of halogens is 8. The van der Waals surface area contributed by atoms with E-state index in [2.05, 4.69) is 10.6 Å². The number of anilines is 2. The Morgan fingerprint density at radius 1 is 0.506 bits per heavy atom. The fourth-order valence-electron chi connectivity index (χ4n) is 9.95. The van der Waals surface area contributed by atoms with Gasteiger partial charge in [-0.25, -0.2) is 18.4 Å². The van der Waals surface area contributed by atoms with Gasteiger partial charge in [0.15, 0.2) is 5.78 Å². The number of carbonyl (C=O) groups excluding carboxylic acids is 3. The van der Waals surface area contributed by atoms with E-state index in [1.165, 1.54) is 31.2 Å². The van der Waals surface area contributed by atoms with Crippen LogP contribution in [0.5, 0.6) is 23.0 Å². The first kappa shape index (κ1) is 58.2. The van der Waals surface area contributed by atoms with Crippen molar-refractivity contribution in [3.05, 3.63) is 189 Å². The van der Waals surface area contributed by atoms with Gasteiger partial charge in [0.2, 0.25) is 17.1 Å². The summed E-state index contributed by atoms with van der Waals surface area (Å²) in [6.07, 6.45) is -8.33. The van der Waals surface area contributed by atoms with Crippen molar-refractivity contribution in [2.45, 2.75) is 49.7 Å². The predicted molar refractivity (Wildman–Crippen MR) is 272 cm³/mol. The molecule has 8 rings (SSSR count). The predicted octanol–water partition coefficient (Wildman–Crippen LogP) is 11.2. The van der Waals surface area contributed by atoms with Gasteiger partial charge in [-0.2, -0.15) is 26.3 Å². The summed E-state index contributed by atoms with van der Waals surface area (Å²) in [6, 6.07) is 25.4. The molecule has 6 aromatic rings. The largest absolute Gasteiger partial charge is 0.481 e. The molecule has 6 atom stereocenters. The van der Waals surface area contributed by atoms with Crippen LogP contribution in [-0.4, -0.2) is 86.7 Å². The zero-order chi connectivity index (χ0) is 58.9. The number of ether oxygens (including phenoxy) is 2. The number of aliphatic hydroxyl groups is 2. The molecule has 2 amide bonds. The Balaban J connectivity index is 1.01. The van der Waals surface area contributed by atoms with Crippen LogP contribution in [0.2, 0.25) is 0 Å². The second-order valence-electron chi connectivity index (χ2n) is 19.5. The molecule has 7 N–H and O–H groups in total. The van der Waals surface area contributed by atoms with E-state index in [-0.39, 0.29) is 45.9 Å². The number of nitrogens with one attached hydrogen (secondary N) is 2. The SMILES string of the molecule is CC(=O)c1cc(Oc2ccc(Cc3ccc(Oc4ccc(C(=O)O)c(C(=O)Nc5ccc(Cc6ccc(NC(=O)C7C8C=CC(C8)C7C(=O)O)c(C(O)(CF)C(F)(F)F)c6)cc5C(O)(CF)C(F)(F)F)c4)cc3)cc2)ccc1C(=O)O. The lowest BCUT2D eigenvalue weighted by molar-refractivity contribution is -0.271. The monoisotopic (exact) mass is 1130 g/mol. The lowest BCUT2D eigenvalue weighted by Crippen LogP contribution is -2.45. The minimum absolute atomic E-state index is 0.0171. The van der Waals surface area contributed by atoms with Crippen molar-refractivity contribution in [2.75, 3.05) is 24.0 Å². The second kappa shape index (κ2) is 22.7. The first-order chi connectivity index (χ1) is 38.1. The number of rotatable bonds is 20. The number of ketones is 1. The molecule has 0 heterocycles. The van der Waals surface area contributed by atoms with Crippen LogP contribution in [0.3, 0.4) is 0 Å². The number of allylic oxidation sites excluding steroid dienone is 2. The van der Waals surface area contributed by atoms with E-state index in [4.69, 9.17) is 9.47 Å². The highest BCUT2D eigenvalue weighted by atomic mass is 19.4. The van der Waals surface area contributed by atoms with E-state index in [1.54, 1.807) is 60.7 Å². The summed E-state index contributed by atoms with van der Waals surface area (Å²) in [5.41, 5.74) is -13.4. The van der Waals surface area contributed by atoms with E-state index in [1.807, 2.05) is 0 Å². The Morgan fingerprint density at radius 3 is 1.32 bits per heavy atom. The molecule has 15 nitrogen and oxygen atoms in total. The summed E-state index contributed by atoms with van der Waals surface area (Å²) in [5, 5.41) is 55.3. The highest BCUT2D eigenvalue weighted by Crippen LogP contribution is 2.50. The van der Waals surface area contributed by atoms with Crippen molar-refractivity contribution in [2.24, 2.45) is 23.7 Å². The molecule has 0 aromatic heterocycles. The average molecular weight is 1130 g/mol. The van der Waals surface area contributed by atoms with Crippen LogP contribution in [0.4, 0.5) is 46.5 Å². The van der Waals surface area contributed by atoms with Crippen LogP contribution in [0, 0.1) is 23.7 Å². The molecular formula is C58H46F8N2O13. The van der Waals surface area contributed by atoms with Crippen LogP contribution in [-0.2, 0) is 33.6 Å². The smallest absolute Gasteiger partial charge is 0.424 e. The Morgan fingerprint density at radius 2 is 0.901 bits per heavy atom. The standard InChI is InChI=1S/C58H46F8N2O13/c1-29(69)42-25-38(14-16-40(42)52(72)73)80-36-10-2-30(3-11-36)20-31-4-12-37(13-5-31)81-39-15-17-41(53(74)75)43(26-39)50(70)67-46-18-6-32(22-44(46)55(78,27-59)57(61,62)63)21-33-7-19-47(45(23-33)56(79,28-60)58(64,65)66)68-51(71)48-34-8-9-35(24-34)49(48)54(76)77/h2-19,22-23,25-26,34-35,48-49,78-79H,20-21,24,27-28H2,1H3,(H,67,70)(H,68,71)(H,72,73)(H,74,75)(H,76,77). The van der Waals surface area contributed by atoms with Gasteiger partial charge in [-0.05, 0) is 133 Å². The van der Waals surface area contributed by atoms with Gasteiger partial charge in [0, 0.05) is 28.1 Å². The number of carboxylic acid groups (broad SMARTS) is 3. The highest BCUT2D eigenvalue weighted by Gasteiger charge is 2.58. The Hall–Kier alpha value is -8.96. The van der Waals surface area contributed by atoms with Gasteiger partial charge in [0.25, 0.3) is 5.91 Å². The zero-order valence-corrected chi connectivity index (χ0v) is 42.1. The van der Waals surface area contributed by atoms with Crippen molar-refractivity contribution in [3.63, 3.8) is 0 Å². The van der Waals surface area contributed by atoms with E-state index in [9.17, 15) is 89.4 Å². The quantitative estimate of drug-likeness (QED) is 0.0214.